The van der Waals surface area contributed by atoms with E-state index in [0.717, 1.165) is 12.5 Å². The predicted octanol–water partition coefficient (Wildman–Crippen LogP) is 1.31. The van der Waals surface area contributed by atoms with Gasteiger partial charge in [0.25, 0.3) is 5.91 Å². The van der Waals surface area contributed by atoms with Gasteiger partial charge in [-0.05, 0) is 24.6 Å². The van der Waals surface area contributed by atoms with Gasteiger partial charge in [-0.2, -0.15) is 0 Å². The average Bonchev–Trinajstić information content (AvgIpc) is 2.81. The van der Waals surface area contributed by atoms with E-state index in [0.29, 0.717) is 0 Å². The molecule has 1 aliphatic carbocycles. The normalized spacial score (nSPS) is 23.7. The number of benzene rings is 1. The van der Waals surface area contributed by atoms with E-state index in [1.54, 1.807) is 0 Å². The Morgan fingerprint density at radius 1 is 1.60 bits per heavy atom. The van der Waals surface area contributed by atoms with Gasteiger partial charge in [0.1, 0.15) is 5.82 Å². The van der Waals surface area contributed by atoms with E-state index in [9.17, 15) is 9.18 Å². The number of hydrogen-bond donors (Lipinski definition) is 2. The molecule has 3 nitrogen and oxygen atoms in total. The SMILES string of the molecule is NC1CC1NC(=O)c1ccc(Cl)cc1F. The molecule has 1 fully saturated rings. The molecule has 1 aliphatic rings. The summed E-state index contributed by atoms with van der Waals surface area (Å²) in [5.41, 5.74) is 5.52. The summed E-state index contributed by atoms with van der Waals surface area (Å²) < 4.78 is 13.3. The monoisotopic (exact) mass is 228 g/mol. The Labute approximate surface area is 91.4 Å². The van der Waals surface area contributed by atoms with Gasteiger partial charge in [0.2, 0.25) is 0 Å². The molecular weight excluding hydrogens is 219 g/mol. The van der Waals surface area contributed by atoms with Gasteiger partial charge in [-0.3, -0.25) is 4.79 Å². The lowest BCUT2D eigenvalue weighted by Gasteiger charge is -2.04. The van der Waals surface area contributed by atoms with Gasteiger partial charge in [-0.25, -0.2) is 4.39 Å². The van der Waals surface area contributed by atoms with Crippen LogP contribution in [0.1, 0.15) is 16.8 Å². The minimum absolute atomic E-state index is 0.00139. The number of carbonyl (C=O) groups excluding carboxylic acids is 1. The number of nitrogens with two attached hydrogens (primary N) is 1. The molecule has 1 amide bonds. The van der Waals surface area contributed by atoms with E-state index in [1.165, 1.54) is 12.1 Å². The van der Waals surface area contributed by atoms with E-state index < -0.39 is 11.7 Å². The fourth-order valence-electron chi connectivity index (χ4n) is 1.30. The second kappa shape index (κ2) is 3.79. The summed E-state index contributed by atoms with van der Waals surface area (Å²) in [6.07, 6.45) is 0.751. The second-order valence-corrected chi connectivity index (χ2v) is 4.04. The highest BCUT2D eigenvalue weighted by molar-refractivity contribution is 6.30. The van der Waals surface area contributed by atoms with Crippen LogP contribution in [0.3, 0.4) is 0 Å². The van der Waals surface area contributed by atoms with Gasteiger partial charge < -0.3 is 11.1 Å². The van der Waals surface area contributed by atoms with E-state index in [-0.39, 0.29) is 22.7 Å². The number of halogens is 2. The van der Waals surface area contributed by atoms with Crippen molar-refractivity contribution in [1.82, 2.24) is 5.32 Å². The molecule has 80 valence electrons. The Hall–Kier alpha value is -1.13. The summed E-state index contributed by atoms with van der Waals surface area (Å²) in [6.45, 7) is 0. The fraction of sp³-hybridized carbons (Fsp3) is 0.300. The maximum absolute atomic E-state index is 13.3. The Morgan fingerprint density at radius 3 is 2.80 bits per heavy atom. The van der Waals surface area contributed by atoms with Gasteiger partial charge in [-0.15, -0.1) is 0 Å². The van der Waals surface area contributed by atoms with Crippen molar-refractivity contribution in [3.8, 4) is 0 Å². The molecule has 0 radical (unpaired) electrons. The van der Waals surface area contributed by atoms with Gasteiger partial charge >= 0.3 is 0 Å². The van der Waals surface area contributed by atoms with Crippen molar-refractivity contribution >= 4 is 17.5 Å². The Morgan fingerprint density at radius 2 is 2.27 bits per heavy atom. The molecule has 5 heteroatoms. The lowest BCUT2D eigenvalue weighted by Crippen LogP contribution is -2.30. The molecule has 1 aromatic rings. The minimum Gasteiger partial charge on any atom is -0.348 e. The Balaban J connectivity index is 2.11. The zero-order chi connectivity index (χ0) is 11.0. The van der Waals surface area contributed by atoms with Crippen LogP contribution in [0, 0.1) is 5.82 Å². The molecular formula is C10H10ClFN2O. The van der Waals surface area contributed by atoms with Crippen molar-refractivity contribution in [2.45, 2.75) is 18.5 Å². The maximum atomic E-state index is 13.3. The quantitative estimate of drug-likeness (QED) is 0.802. The van der Waals surface area contributed by atoms with Crippen LogP contribution in [0.25, 0.3) is 0 Å². The van der Waals surface area contributed by atoms with Crippen molar-refractivity contribution in [2.75, 3.05) is 0 Å². The van der Waals surface area contributed by atoms with Crippen molar-refractivity contribution in [1.29, 1.82) is 0 Å². The maximum Gasteiger partial charge on any atom is 0.254 e. The van der Waals surface area contributed by atoms with Crippen molar-refractivity contribution < 1.29 is 9.18 Å². The number of amides is 1. The summed E-state index contributed by atoms with van der Waals surface area (Å²) in [6, 6.07) is 3.94. The highest BCUT2D eigenvalue weighted by Gasteiger charge is 2.35. The first-order valence-electron chi connectivity index (χ1n) is 4.59. The first kappa shape index (κ1) is 10.4. The zero-order valence-electron chi connectivity index (χ0n) is 7.84. The lowest BCUT2D eigenvalue weighted by atomic mass is 10.2. The summed E-state index contributed by atoms with van der Waals surface area (Å²) in [5.74, 6) is -1.06. The summed E-state index contributed by atoms with van der Waals surface area (Å²) in [5, 5.41) is 2.90. The molecule has 0 saturated heterocycles. The van der Waals surface area contributed by atoms with Crippen LogP contribution >= 0.6 is 11.6 Å². The minimum atomic E-state index is -0.616. The van der Waals surface area contributed by atoms with E-state index in [4.69, 9.17) is 17.3 Å². The highest BCUT2D eigenvalue weighted by atomic mass is 35.5. The molecule has 0 aromatic heterocycles. The van der Waals surface area contributed by atoms with Gasteiger partial charge in [0, 0.05) is 17.1 Å². The smallest absolute Gasteiger partial charge is 0.254 e. The molecule has 0 heterocycles. The van der Waals surface area contributed by atoms with Crippen LogP contribution in [0.2, 0.25) is 5.02 Å². The molecule has 0 bridgehead atoms. The Bertz CT molecular complexity index is 410. The zero-order valence-corrected chi connectivity index (χ0v) is 8.59. The van der Waals surface area contributed by atoms with Crippen LogP contribution < -0.4 is 11.1 Å². The average molecular weight is 229 g/mol. The van der Waals surface area contributed by atoms with Crippen molar-refractivity contribution in [3.05, 3.63) is 34.6 Å². The molecule has 2 atom stereocenters. The highest BCUT2D eigenvalue weighted by Crippen LogP contribution is 2.20. The third kappa shape index (κ3) is 2.27. The predicted molar refractivity (Wildman–Crippen MR) is 55.3 cm³/mol. The summed E-state index contributed by atoms with van der Waals surface area (Å²) >= 11 is 5.57. The molecule has 3 N–H and O–H groups in total. The van der Waals surface area contributed by atoms with Crippen LogP contribution in [-0.2, 0) is 0 Å². The number of hydrogen-bond acceptors (Lipinski definition) is 2. The lowest BCUT2D eigenvalue weighted by molar-refractivity contribution is 0.0946. The summed E-state index contributed by atoms with van der Waals surface area (Å²) in [4.78, 5) is 11.5. The molecule has 1 aromatic carbocycles. The van der Waals surface area contributed by atoms with Crippen LogP contribution in [0.15, 0.2) is 18.2 Å². The fourth-order valence-corrected chi connectivity index (χ4v) is 1.46. The molecule has 2 unspecified atom stereocenters. The van der Waals surface area contributed by atoms with E-state index >= 15 is 0 Å². The third-order valence-electron chi connectivity index (χ3n) is 2.33. The third-order valence-corrected chi connectivity index (χ3v) is 2.57. The van der Waals surface area contributed by atoms with E-state index in [2.05, 4.69) is 5.32 Å². The molecule has 0 aliphatic heterocycles. The number of rotatable bonds is 2. The molecule has 2 rings (SSSR count). The van der Waals surface area contributed by atoms with Gasteiger partial charge in [0.15, 0.2) is 0 Å². The largest absolute Gasteiger partial charge is 0.348 e. The van der Waals surface area contributed by atoms with Gasteiger partial charge in [-0.1, -0.05) is 11.6 Å². The number of carbonyl (C=O) groups is 1. The topological polar surface area (TPSA) is 55.1 Å². The molecule has 15 heavy (non-hydrogen) atoms. The second-order valence-electron chi connectivity index (χ2n) is 3.60. The van der Waals surface area contributed by atoms with Crippen molar-refractivity contribution in [2.24, 2.45) is 5.73 Å². The first-order chi connectivity index (χ1) is 7.08. The first-order valence-corrected chi connectivity index (χ1v) is 4.97. The Kier molecular flexibility index (Phi) is 2.63. The van der Waals surface area contributed by atoms with Gasteiger partial charge in [0.05, 0.1) is 5.56 Å². The van der Waals surface area contributed by atoms with Crippen LogP contribution in [-0.4, -0.2) is 18.0 Å². The number of nitrogens with one attached hydrogen (secondary N) is 1. The van der Waals surface area contributed by atoms with E-state index in [1.807, 2.05) is 0 Å². The van der Waals surface area contributed by atoms with Crippen LogP contribution in [0.4, 0.5) is 4.39 Å². The van der Waals surface area contributed by atoms with Crippen LogP contribution in [0.5, 0.6) is 0 Å². The molecule has 0 spiro atoms. The molecule has 1 saturated carbocycles. The van der Waals surface area contributed by atoms with Crippen molar-refractivity contribution in [3.63, 3.8) is 0 Å². The summed E-state index contributed by atoms with van der Waals surface area (Å²) in [7, 11) is 0. The standard InChI is InChI=1S/C10H10ClFN2O/c11-5-1-2-6(7(12)3-5)10(15)14-9-4-8(9)13/h1-3,8-9H,4,13H2,(H,14,15).